The average molecular weight is 323 g/mol. The van der Waals surface area contributed by atoms with Crippen molar-refractivity contribution in [3.63, 3.8) is 0 Å². The van der Waals surface area contributed by atoms with Gasteiger partial charge in [-0.1, -0.05) is 12.5 Å². The quantitative estimate of drug-likeness (QED) is 0.677. The number of ketones is 1. The standard InChI is InChI=1S/C22H29NO/c1-2-22-8-7-16-17-5-4-15(24)11-20(17)21(9-10-21)12-18(16)19(22)6-3-14(22)13-23/h11,14,16-19H,2-10,12H2,1H3/t14-,16-,17-,18-,19+,22-/m1/s1. The normalized spacial score (nSPS) is 48.1. The van der Waals surface area contributed by atoms with Gasteiger partial charge in [0.1, 0.15) is 0 Å². The number of nitriles is 1. The molecule has 128 valence electrons. The molecule has 5 aliphatic rings. The zero-order valence-electron chi connectivity index (χ0n) is 14.9. The van der Waals surface area contributed by atoms with Crippen molar-refractivity contribution < 1.29 is 4.79 Å². The molecule has 0 N–H and O–H groups in total. The molecule has 5 rings (SSSR count). The highest BCUT2D eigenvalue weighted by atomic mass is 16.1. The largest absolute Gasteiger partial charge is 0.295 e. The molecule has 1 spiro atoms. The Morgan fingerprint density at radius 3 is 2.71 bits per heavy atom. The highest BCUT2D eigenvalue weighted by molar-refractivity contribution is 5.91. The van der Waals surface area contributed by atoms with Gasteiger partial charge >= 0.3 is 0 Å². The summed E-state index contributed by atoms with van der Waals surface area (Å²) in [7, 11) is 0. The number of nitrogens with zero attached hydrogens (tertiary/aromatic N) is 1. The molecule has 0 heterocycles. The van der Waals surface area contributed by atoms with E-state index in [1.54, 1.807) is 5.57 Å². The Hall–Kier alpha value is -1.10. The lowest BCUT2D eigenvalue weighted by molar-refractivity contribution is -0.116. The Morgan fingerprint density at radius 2 is 2.00 bits per heavy atom. The molecule has 4 fully saturated rings. The van der Waals surface area contributed by atoms with E-state index in [1.165, 1.54) is 44.9 Å². The van der Waals surface area contributed by atoms with Crippen molar-refractivity contribution in [2.45, 2.75) is 71.1 Å². The lowest BCUT2D eigenvalue weighted by atomic mass is 9.48. The fourth-order valence-electron chi connectivity index (χ4n) is 7.81. The molecule has 0 radical (unpaired) electrons. The second kappa shape index (κ2) is 4.96. The maximum absolute atomic E-state index is 12.0. The zero-order valence-corrected chi connectivity index (χ0v) is 14.9. The Labute approximate surface area is 145 Å². The van der Waals surface area contributed by atoms with Crippen LogP contribution in [0.15, 0.2) is 11.6 Å². The minimum atomic E-state index is 0.300. The lowest BCUT2D eigenvalue weighted by Gasteiger charge is -2.56. The lowest BCUT2D eigenvalue weighted by Crippen LogP contribution is -2.49. The number of fused-ring (bicyclic) bond motifs is 6. The molecule has 0 aromatic carbocycles. The third-order valence-corrected chi connectivity index (χ3v) is 9.05. The topological polar surface area (TPSA) is 40.9 Å². The summed E-state index contributed by atoms with van der Waals surface area (Å²) in [4.78, 5) is 12.0. The molecule has 0 saturated heterocycles. The van der Waals surface area contributed by atoms with E-state index in [-0.39, 0.29) is 0 Å². The van der Waals surface area contributed by atoms with Gasteiger partial charge in [-0.25, -0.2) is 0 Å². The van der Waals surface area contributed by atoms with Crippen molar-refractivity contribution in [2.24, 2.45) is 40.4 Å². The molecule has 5 aliphatic carbocycles. The van der Waals surface area contributed by atoms with E-state index in [0.29, 0.717) is 28.4 Å². The van der Waals surface area contributed by atoms with Crippen LogP contribution in [-0.4, -0.2) is 5.78 Å². The van der Waals surface area contributed by atoms with Gasteiger partial charge in [0.15, 0.2) is 5.78 Å². The first-order valence-corrected chi connectivity index (χ1v) is 10.3. The van der Waals surface area contributed by atoms with Gasteiger partial charge in [0.05, 0.1) is 12.0 Å². The second-order valence-corrected chi connectivity index (χ2v) is 9.51. The number of carbonyl (C=O) groups is 1. The van der Waals surface area contributed by atoms with E-state index in [0.717, 1.165) is 37.0 Å². The van der Waals surface area contributed by atoms with Crippen molar-refractivity contribution in [3.8, 4) is 6.07 Å². The summed E-state index contributed by atoms with van der Waals surface area (Å²) in [6.07, 6.45) is 14.1. The summed E-state index contributed by atoms with van der Waals surface area (Å²) in [5.41, 5.74) is 2.29. The molecule has 0 unspecified atom stereocenters. The van der Waals surface area contributed by atoms with Crippen molar-refractivity contribution in [3.05, 3.63) is 11.6 Å². The van der Waals surface area contributed by atoms with E-state index in [2.05, 4.69) is 19.1 Å². The maximum Gasteiger partial charge on any atom is 0.155 e. The van der Waals surface area contributed by atoms with Crippen molar-refractivity contribution >= 4 is 5.78 Å². The van der Waals surface area contributed by atoms with Gasteiger partial charge in [-0.2, -0.15) is 5.26 Å². The first-order chi connectivity index (χ1) is 11.6. The Morgan fingerprint density at radius 1 is 1.17 bits per heavy atom. The Bertz CT molecular complexity index is 651. The Kier molecular flexibility index (Phi) is 3.14. The maximum atomic E-state index is 12.0. The molecule has 0 amide bonds. The van der Waals surface area contributed by atoms with Crippen LogP contribution >= 0.6 is 0 Å². The van der Waals surface area contributed by atoms with Gasteiger partial charge in [0.2, 0.25) is 0 Å². The molecule has 2 nitrogen and oxygen atoms in total. The second-order valence-electron chi connectivity index (χ2n) is 9.51. The predicted octanol–water partition coefficient (Wildman–Crippen LogP) is 5.05. The monoisotopic (exact) mass is 323 g/mol. The number of hydrogen-bond acceptors (Lipinski definition) is 2. The first-order valence-electron chi connectivity index (χ1n) is 10.3. The average Bonchev–Trinajstić information content (AvgIpc) is 3.26. The molecule has 0 aromatic heterocycles. The summed E-state index contributed by atoms with van der Waals surface area (Å²) < 4.78 is 0. The smallest absolute Gasteiger partial charge is 0.155 e. The van der Waals surface area contributed by atoms with Crippen LogP contribution in [0.5, 0.6) is 0 Å². The van der Waals surface area contributed by atoms with Gasteiger partial charge in [-0.3, -0.25) is 4.79 Å². The van der Waals surface area contributed by atoms with Crippen molar-refractivity contribution in [1.29, 1.82) is 5.26 Å². The molecule has 0 aliphatic heterocycles. The summed E-state index contributed by atoms with van der Waals surface area (Å²) >= 11 is 0. The number of carbonyl (C=O) groups excluding carboxylic acids is 1. The molecule has 6 atom stereocenters. The molecule has 0 bridgehead atoms. The molecule has 2 heteroatoms. The van der Waals surface area contributed by atoms with Crippen LogP contribution in [0.25, 0.3) is 0 Å². The zero-order chi connectivity index (χ0) is 16.5. The fourth-order valence-corrected chi connectivity index (χ4v) is 7.81. The third kappa shape index (κ3) is 1.80. The van der Waals surface area contributed by atoms with Crippen molar-refractivity contribution in [1.82, 2.24) is 0 Å². The highest BCUT2D eigenvalue weighted by Crippen LogP contribution is 2.72. The van der Waals surface area contributed by atoms with Gasteiger partial charge in [0, 0.05) is 6.42 Å². The summed E-state index contributed by atoms with van der Waals surface area (Å²) in [5.74, 6) is 3.79. The molecular weight excluding hydrogens is 294 g/mol. The van der Waals surface area contributed by atoms with Gasteiger partial charge in [-0.15, -0.1) is 0 Å². The minimum absolute atomic E-state index is 0.300. The number of rotatable bonds is 1. The molecule has 0 aromatic rings. The Balaban J connectivity index is 1.54. The van der Waals surface area contributed by atoms with Gasteiger partial charge < -0.3 is 0 Å². The van der Waals surface area contributed by atoms with Crippen LogP contribution in [0.4, 0.5) is 0 Å². The minimum Gasteiger partial charge on any atom is -0.295 e. The first kappa shape index (κ1) is 15.2. The van der Waals surface area contributed by atoms with Gasteiger partial charge in [0.25, 0.3) is 0 Å². The number of allylic oxidation sites excluding steroid dienone is 1. The van der Waals surface area contributed by atoms with Crippen LogP contribution in [-0.2, 0) is 4.79 Å². The highest BCUT2D eigenvalue weighted by Gasteiger charge is 2.63. The molecule has 24 heavy (non-hydrogen) atoms. The number of hydrogen-bond donors (Lipinski definition) is 0. The van der Waals surface area contributed by atoms with E-state index in [4.69, 9.17) is 0 Å². The van der Waals surface area contributed by atoms with E-state index >= 15 is 0 Å². The van der Waals surface area contributed by atoms with Crippen molar-refractivity contribution in [2.75, 3.05) is 0 Å². The van der Waals surface area contributed by atoms with Crippen LogP contribution in [0.2, 0.25) is 0 Å². The van der Waals surface area contributed by atoms with Crippen LogP contribution in [0.1, 0.15) is 71.1 Å². The summed E-state index contributed by atoms with van der Waals surface area (Å²) in [5, 5.41) is 9.73. The predicted molar refractivity (Wildman–Crippen MR) is 92.9 cm³/mol. The third-order valence-electron chi connectivity index (χ3n) is 9.05. The van der Waals surface area contributed by atoms with Crippen LogP contribution in [0, 0.1) is 51.8 Å². The van der Waals surface area contributed by atoms with E-state index in [1.807, 2.05) is 0 Å². The van der Waals surface area contributed by atoms with Crippen LogP contribution in [0.3, 0.4) is 0 Å². The summed E-state index contributed by atoms with van der Waals surface area (Å²) in [6, 6.07) is 2.69. The summed E-state index contributed by atoms with van der Waals surface area (Å²) in [6.45, 7) is 2.34. The molecule has 4 saturated carbocycles. The van der Waals surface area contributed by atoms with E-state index in [9.17, 15) is 10.1 Å². The van der Waals surface area contributed by atoms with Crippen LogP contribution < -0.4 is 0 Å². The SMILES string of the molecule is CC[C@]12CC[C@H]3[C@@H](CC4(CC4)C4=CC(=O)CC[C@@H]43)[C@@H]1CC[C@@H]2C#N. The van der Waals surface area contributed by atoms with E-state index < -0.39 is 0 Å². The fraction of sp³-hybridized carbons (Fsp3) is 0.818. The van der Waals surface area contributed by atoms with Gasteiger partial charge in [-0.05, 0) is 98.4 Å². The molecular formula is C22H29NO.